The van der Waals surface area contributed by atoms with Crippen molar-refractivity contribution in [2.24, 2.45) is 0 Å². The number of benzene rings is 11. The van der Waals surface area contributed by atoms with Crippen molar-refractivity contribution in [2.45, 2.75) is 0 Å². The number of fused-ring (bicyclic) bond motifs is 10. The largest absolute Gasteiger partial charge is 0.452 e. The molecule has 4 heteroatoms. The number of hydrogen-bond acceptors (Lipinski definition) is 3. The lowest BCUT2D eigenvalue weighted by Crippen LogP contribution is -1.99. The molecule has 14 aromatic rings. The number of hydrogen-bond donors (Lipinski definition) is 0. The van der Waals surface area contributed by atoms with E-state index in [-0.39, 0.29) is 0 Å². The predicted molar refractivity (Wildman–Crippen MR) is 259 cm³/mol. The Morgan fingerprint density at radius 2 is 0.968 bits per heavy atom. The van der Waals surface area contributed by atoms with Gasteiger partial charge in [0.25, 0.3) is 0 Å². The van der Waals surface area contributed by atoms with Crippen molar-refractivity contribution in [3.05, 3.63) is 200 Å². The van der Waals surface area contributed by atoms with Crippen LogP contribution in [0.1, 0.15) is 0 Å². The molecule has 0 aliphatic heterocycles. The van der Waals surface area contributed by atoms with E-state index >= 15 is 0 Å². The van der Waals surface area contributed by atoms with Crippen LogP contribution in [0.2, 0.25) is 0 Å². The Morgan fingerprint density at radius 1 is 0.371 bits per heavy atom. The SMILES string of the molecule is c1ccc(-c2ccc(-c3nc(-c4ccc(-n5c6cccc7c8ccccc8c8c9ccccc9cc5c8c76)c5ccccc45)nc4c3oc3ccccc34)c3ccccc23)cc1. The topological polar surface area (TPSA) is 43.9 Å². The molecule has 0 aliphatic carbocycles. The molecule has 0 saturated carbocycles. The van der Waals surface area contributed by atoms with Crippen LogP contribution in [-0.2, 0) is 0 Å². The maximum Gasteiger partial charge on any atom is 0.180 e. The van der Waals surface area contributed by atoms with E-state index in [0.29, 0.717) is 11.4 Å². The maximum absolute atomic E-state index is 6.68. The van der Waals surface area contributed by atoms with Gasteiger partial charge in [-0.2, -0.15) is 0 Å². The lowest BCUT2D eigenvalue weighted by atomic mass is 9.91. The lowest BCUT2D eigenvalue weighted by molar-refractivity contribution is 0.667. The van der Waals surface area contributed by atoms with E-state index in [1.54, 1.807) is 0 Å². The first-order valence-electron chi connectivity index (χ1n) is 21.2. The smallest absolute Gasteiger partial charge is 0.180 e. The second-order valence-corrected chi connectivity index (χ2v) is 16.4. The van der Waals surface area contributed by atoms with E-state index in [0.717, 1.165) is 60.5 Å². The predicted octanol–water partition coefficient (Wildman–Crippen LogP) is 15.7. The zero-order valence-electron chi connectivity index (χ0n) is 33.3. The summed E-state index contributed by atoms with van der Waals surface area (Å²) in [6.45, 7) is 0. The van der Waals surface area contributed by atoms with Gasteiger partial charge in [-0.25, -0.2) is 9.97 Å². The molecular formula is C58H33N3O. The molecule has 0 fully saturated rings. The van der Waals surface area contributed by atoms with Crippen molar-refractivity contribution >= 4 is 97.7 Å². The highest BCUT2D eigenvalue weighted by Gasteiger charge is 2.25. The monoisotopic (exact) mass is 787 g/mol. The molecule has 0 spiro atoms. The molecule has 0 saturated heterocycles. The van der Waals surface area contributed by atoms with Crippen LogP contribution in [0, 0.1) is 0 Å². The zero-order chi connectivity index (χ0) is 40.5. The van der Waals surface area contributed by atoms with Gasteiger partial charge in [0.1, 0.15) is 16.8 Å². The third-order valence-electron chi connectivity index (χ3n) is 13.2. The summed E-state index contributed by atoms with van der Waals surface area (Å²) in [6, 6.07) is 71.9. The van der Waals surface area contributed by atoms with E-state index in [4.69, 9.17) is 14.4 Å². The molecule has 0 bridgehead atoms. The standard InChI is InChI=1S/C58H33N3O/c1-2-15-34(16-3-1)36-29-30-45(39-20-7-6-19-38(36)39)55-57-56(47-25-12-13-28-51(47)62-57)60-58(59-55)46-31-32-48(42-23-10-8-21-40(42)46)61-49-27-14-26-44-41-22-9-11-24-43(41)52-37-18-5-4-17-35(37)33-50(61)54(52)53(44)49/h1-33H. The minimum absolute atomic E-state index is 0.657. The summed E-state index contributed by atoms with van der Waals surface area (Å²) in [4.78, 5) is 10.9. The molecule has 0 amide bonds. The van der Waals surface area contributed by atoms with Gasteiger partial charge in [-0.05, 0) is 90.6 Å². The van der Waals surface area contributed by atoms with Gasteiger partial charge in [0, 0.05) is 38.1 Å². The Balaban J connectivity index is 1.06. The number of nitrogens with zero attached hydrogens (tertiary/aromatic N) is 3. The molecule has 62 heavy (non-hydrogen) atoms. The zero-order valence-corrected chi connectivity index (χ0v) is 33.3. The van der Waals surface area contributed by atoms with Gasteiger partial charge in [-0.3, -0.25) is 0 Å². The molecule has 0 radical (unpaired) electrons. The maximum atomic E-state index is 6.68. The fourth-order valence-corrected chi connectivity index (χ4v) is 10.5. The fourth-order valence-electron chi connectivity index (χ4n) is 10.5. The summed E-state index contributed by atoms with van der Waals surface area (Å²) < 4.78 is 9.17. The van der Waals surface area contributed by atoms with Gasteiger partial charge in [-0.1, -0.05) is 164 Å². The third kappa shape index (κ3) is 4.55. The van der Waals surface area contributed by atoms with E-state index in [1.165, 1.54) is 65.3 Å². The number of rotatable bonds is 4. The number of aromatic nitrogens is 3. The lowest BCUT2D eigenvalue weighted by Gasteiger charge is -2.16. The molecule has 0 unspecified atom stereocenters. The molecular weight excluding hydrogens is 755 g/mol. The first-order valence-corrected chi connectivity index (χ1v) is 21.2. The average Bonchev–Trinajstić information content (AvgIpc) is 3.88. The van der Waals surface area contributed by atoms with Gasteiger partial charge in [-0.15, -0.1) is 0 Å². The van der Waals surface area contributed by atoms with Crippen LogP contribution in [0.25, 0.3) is 137 Å². The molecule has 0 aliphatic rings. The number of para-hydroxylation sites is 1. The summed E-state index contributed by atoms with van der Waals surface area (Å²) in [5, 5.41) is 15.7. The first kappa shape index (κ1) is 33.5. The van der Waals surface area contributed by atoms with Gasteiger partial charge >= 0.3 is 0 Å². The second kappa shape index (κ2) is 12.6. The first-order chi connectivity index (χ1) is 30.8. The molecule has 11 aromatic carbocycles. The molecule has 286 valence electrons. The minimum Gasteiger partial charge on any atom is -0.452 e. The Morgan fingerprint density at radius 3 is 1.79 bits per heavy atom. The molecule has 4 nitrogen and oxygen atoms in total. The molecule has 0 N–H and O–H groups in total. The van der Waals surface area contributed by atoms with Crippen molar-refractivity contribution in [1.82, 2.24) is 14.5 Å². The summed E-state index contributed by atoms with van der Waals surface area (Å²) in [5.41, 5.74) is 10.9. The van der Waals surface area contributed by atoms with Gasteiger partial charge in [0.15, 0.2) is 11.4 Å². The fraction of sp³-hybridized carbons (Fsp3) is 0. The highest BCUT2D eigenvalue weighted by molar-refractivity contribution is 6.39. The van der Waals surface area contributed by atoms with E-state index in [2.05, 4.69) is 187 Å². The average molecular weight is 788 g/mol. The molecule has 3 aromatic heterocycles. The van der Waals surface area contributed by atoms with Crippen LogP contribution in [0.4, 0.5) is 0 Å². The van der Waals surface area contributed by atoms with Crippen molar-refractivity contribution in [2.75, 3.05) is 0 Å². The number of furan rings is 1. The van der Waals surface area contributed by atoms with Crippen LogP contribution < -0.4 is 0 Å². The van der Waals surface area contributed by atoms with E-state index in [1.807, 2.05) is 18.2 Å². The Bertz CT molecular complexity index is 4150. The van der Waals surface area contributed by atoms with Crippen LogP contribution in [-0.4, -0.2) is 14.5 Å². The van der Waals surface area contributed by atoms with Crippen molar-refractivity contribution in [3.63, 3.8) is 0 Å². The van der Waals surface area contributed by atoms with Crippen molar-refractivity contribution in [1.29, 1.82) is 0 Å². The van der Waals surface area contributed by atoms with Crippen LogP contribution in [0.5, 0.6) is 0 Å². The molecule has 3 heterocycles. The molecule has 14 rings (SSSR count). The summed E-state index contributed by atoms with van der Waals surface area (Å²) in [7, 11) is 0. The van der Waals surface area contributed by atoms with Crippen LogP contribution in [0.3, 0.4) is 0 Å². The van der Waals surface area contributed by atoms with Gasteiger partial charge < -0.3 is 8.98 Å². The van der Waals surface area contributed by atoms with Crippen molar-refractivity contribution in [3.8, 4) is 39.5 Å². The second-order valence-electron chi connectivity index (χ2n) is 16.4. The summed E-state index contributed by atoms with van der Waals surface area (Å²) in [5.74, 6) is 0.657. The Labute approximate surface area is 354 Å². The quantitative estimate of drug-likeness (QED) is 0.167. The third-order valence-corrected chi connectivity index (χ3v) is 13.2. The van der Waals surface area contributed by atoms with E-state index < -0.39 is 0 Å². The molecule has 0 atom stereocenters. The normalized spacial score (nSPS) is 12.2. The van der Waals surface area contributed by atoms with Gasteiger partial charge in [0.05, 0.1) is 16.7 Å². The Kier molecular flexibility index (Phi) is 6.80. The van der Waals surface area contributed by atoms with Crippen molar-refractivity contribution < 1.29 is 4.42 Å². The highest BCUT2D eigenvalue weighted by Crippen LogP contribution is 2.48. The van der Waals surface area contributed by atoms with Crippen LogP contribution in [0.15, 0.2) is 205 Å². The van der Waals surface area contributed by atoms with Gasteiger partial charge in [0.2, 0.25) is 0 Å². The van der Waals surface area contributed by atoms with Crippen LogP contribution >= 0.6 is 0 Å². The summed E-state index contributed by atoms with van der Waals surface area (Å²) >= 11 is 0. The highest BCUT2D eigenvalue weighted by atomic mass is 16.3. The Hall–Kier alpha value is -8.34. The summed E-state index contributed by atoms with van der Waals surface area (Å²) in [6.07, 6.45) is 0. The minimum atomic E-state index is 0.657. The van der Waals surface area contributed by atoms with E-state index in [9.17, 15) is 0 Å².